The van der Waals surface area contributed by atoms with E-state index in [1.54, 1.807) is 29.9 Å². The van der Waals surface area contributed by atoms with Gasteiger partial charge in [0.2, 0.25) is 5.91 Å². The van der Waals surface area contributed by atoms with Gasteiger partial charge in [-0.05, 0) is 49.2 Å². The molecule has 1 aliphatic rings. The number of carbonyl (C=O) groups excluding carboxylic acids is 1. The normalized spacial score (nSPS) is 16.1. The molecular formula is C21H21N9O3S2. The molecule has 0 radical (unpaired) electrons. The van der Waals surface area contributed by atoms with E-state index in [9.17, 15) is 13.2 Å². The summed E-state index contributed by atoms with van der Waals surface area (Å²) in [6, 6.07) is 9.70. The molecule has 0 spiro atoms. The van der Waals surface area contributed by atoms with Crippen LogP contribution in [0.2, 0.25) is 0 Å². The molecule has 1 atom stereocenters. The molecule has 0 bridgehead atoms. The van der Waals surface area contributed by atoms with Gasteiger partial charge in [-0.2, -0.15) is 5.10 Å². The van der Waals surface area contributed by atoms with Gasteiger partial charge in [-0.3, -0.25) is 9.52 Å². The van der Waals surface area contributed by atoms with E-state index >= 15 is 0 Å². The van der Waals surface area contributed by atoms with Gasteiger partial charge in [0.15, 0.2) is 16.8 Å². The van der Waals surface area contributed by atoms with Gasteiger partial charge in [-0.1, -0.05) is 0 Å². The van der Waals surface area contributed by atoms with E-state index in [1.165, 1.54) is 40.7 Å². The summed E-state index contributed by atoms with van der Waals surface area (Å²) in [5.41, 5.74) is 0.525. The molecule has 1 aromatic carbocycles. The minimum Gasteiger partial charge on any atom is -0.354 e. The number of anilines is 3. The zero-order valence-electron chi connectivity index (χ0n) is 18.4. The smallest absolute Gasteiger partial charge is 0.263 e. The van der Waals surface area contributed by atoms with Gasteiger partial charge < -0.3 is 10.2 Å². The van der Waals surface area contributed by atoms with Gasteiger partial charge in [-0.25, -0.2) is 23.1 Å². The number of nitrogens with one attached hydrogen (secondary N) is 2. The van der Waals surface area contributed by atoms with Crippen LogP contribution in [-0.4, -0.2) is 57.4 Å². The van der Waals surface area contributed by atoms with Crippen molar-refractivity contribution in [1.82, 2.24) is 29.9 Å². The van der Waals surface area contributed by atoms with Crippen LogP contribution in [0.15, 0.2) is 65.5 Å². The number of carbonyl (C=O) groups is 1. The second-order valence-corrected chi connectivity index (χ2v) is 10.4. The Balaban J connectivity index is 1.20. The highest BCUT2D eigenvalue weighted by Gasteiger charge is 2.27. The summed E-state index contributed by atoms with van der Waals surface area (Å²) in [7, 11) is -3.75. The van der Waals surface area contributed by atoms with Crippen LogP contribution in [0.5, 0.6) is 0 Å². The number of piperidine rings is 1. The number of sulfonamides is 1. The predicted molar refractivity (Wildman–Crippen MR) is 130 cm³/mol. The van der Waals surface area contributed by atoms with Crippen molar-refractivity contribution < 1.29 is 13.2 Å². The third kappa shape index (κ3) is 5.27. The van der Waals surface area contributed by atoms with Crippen molar-refractivity contribution in [3.63, 3.8) is 0 Å². The molecule has 1 aliphatic heterocycles. The molecule has 2 N–H and O–H groups in total. The maximum Gasteiger partial charge on any atom is 0.263 e. The first kappa shape index (κ1) is 22.9. The Morgan fingerprint density at radius 2 is 1.89 bits per heavy atom. The van der Waals surface area contributed by atoms with Crippen molar-refractivity contribution in [3.8, 4) is 5.82 Å². The number of amides is 1. The van der Waals surface area contributed by atoms with Gasteiger partial charge in [0.1, 0.15) is 12.7 Å². The highest BCUT2D eigenvalue weighted by Crippen LogP contribution is 2.24. The lowest BCUT2D eigenvalue weighted by Crippen LogP contribution is -2.41. The Bertz CT molecular complexity index is 1380. The summed E-state index contributed by atoms with van der Waals surface area (Å²) in [5, 5.41) is 17.4. The Kier molecular flexibility index (Phi) is 6.37. The molecule has 12 nitrogen and oxygen atoms in total. The van der Waals surface area contributed by atoms with E-state index in [1.807, 2.05) is 11.0 Å². The average Bonchev–Trinajstić information content (AvgIpc) is 3.59. The minimum absolute atomic E-state index is 0.0856. The monoisotopic (exact) mass is 511 g/mol. The summed E-state index contributed by atoms with van der Waals surface area (Å²) < 4.78 is 28.9. The summed E-state index contributed by atoms with van der Waals surface area (Å²) in [6.07, 6.45) is 6.08. The van der Waals surface area contributed by atoms with E-state index in [4.69, 9.17) is 0 Å². The lowest BCUT2D eigenvalue weighted by Gasteiger charge is -2.32. The van der Waals surface area contributed by atoms with Crippen molar-refractivity contribution in [2.75, 3.05) is 28.0 Å². The molecule has 35 heavy (non-hydrogen) atoms. The maximum atomic E-state index is 12.9. The highest BCUT2D eigenvalue weighted by atomic mass is 32.2. The largest absolute Gasteiger partial charge is 0.354 e. The molecule has 0 saturated carbocycles. The molecule has 1 unspecified atom stereocenters. The van der Waals surface area contributed by atoms with Crippen LogP contribution in [0.3, 0.4) is 0 Å². The quantitative estimate of drug-likeness (QED) is 0.381. The van der Waals surface area contributed by atoms with E-state index in [0.717, 1.165) is 19.4 Å². The van der Waals surface area contributed by atoms with Gasteiger partial charge in [0.25, 0.3) is 10.0 Å². The van der Waals surface area contributed by atoms with Crippen molar-refractivity contribution in [2.45, 2.75) is 17.7 Å². The maximum absolute atomic E-state index is 12.9. The first-order chi connectivity index (χ1) is 17.0. The topological polar surface area (TPSA) is 148 Å². The first-order valence-corrected chi connectivity index (χ1v) is 13.1. The first-order valence-electron chi connectivity index (χ1n) is 10.7. The van der Waals surface area contributed by atoms with Crippen LogP contribution in [-0.2, 0) is 14.8 Å². The van der Waals surface area contributed by atoms with E-state index in [2.05, 4.69) is 35.3 Å². The molecule has 4 heterocycles. The number of aromatic nitrogens is 6. The molecular weight excluding hydrogens is 490 g/mol. The van der Waals surface area contributed by atoms with Gasteiger partial charge in [0.05, 0.1) is 10.8 Å². The van der Waals surface area contributed by atoms with Gasteiger partial charge in [0, 0.05) is 30.4 Å². The zero-order valence-corrected chi connectivity index (χ0v) is 20.0. The molecule has 14 heteroatoms. The van der Waals surface area contributed by atoms with Crippen molar-refractivity contribution in [1.29, 1.82) is 0 Å². The zero-order chi connectivity index (χ0) is 24.3. The molecule has 1 saturated heterocycles. The Morgan fingerprint density at radius 3 is 2.57 bits per heavy atom. The lowest BCUT2D eigenvalue weighted by atomic mass is 9.97. The van der Waals surface area contributed by atoms with E-state index in [0.29, 0.717) is 29.0 Å². The SMILES string of the molecule is O=C(Nc1ccc(S(=O)(=O)Nc2nccs2)cc1)C1CCCN(c2ccc(-n3cncn3)nn2)C1. The molecule has 1 amide bonds. The van der Waals surface area contributed by atoms with Crippen molar-refractivity contribution >= 4 is 43.9 Å². The molecule has 3 aromatic heterocycles. The predicted octanol–water partition coefficient (Wildman–Crippen LogP) is 2.17. The second-order valence-electron chi connectivity index (χ2n) is 7.83. The summed E-state index contributed by atoms with van der Waals surface area (Å²) in [4.78, 5) is 22.9. The average molecular weight is 512 g/mol. The van der Waals surface area contributed by atoms with Crippen LogP contribution < -0.4 is 14.9 Å². The van der Waals surface area contributed by atoms with E-state index < -0.39 is 10.0 Å². The number of hydrogen-bond acceptors (Lipinski definition) is 10. The number of hydrogen-bond donors (Lipinski definition) is 2. The fourth-order valence-electron chi connectivity index (χ4n) is 3.74. The fraction of sp³-hybridized carbons (Fsp3) is 0.238. The van der Waals surface area contributed by atoms with Crippen molar-refractivity contribution in [3.05, 3.63) is 60.6 Å². The Morgan fingerprint density at radius 1 is 1.09 bits per heavy atom. The highest BCUT2D eigenvalue weighted by molar-refractivity contribution is 7.93. The number of benzene rings is 1. The Hall–Kier alpha value is -3.91. The van der Waals surface area contributed by atoms with Crippen LogP contribution in [0.1, 0.15) is 12.8 Å². The molecule has 4 aromatic rings. The van der Waals surface area contributed by atoms with E-state index in [-0.39, 0.29) is 16.7 Å². The van der Waals surface area contributed by atoms with Crippen molar-refractivity contribution in [2.24, 2.45) is 5.92 Å². The fourth-order valence-corrected chi connectivity index (χ4v) is 5.53. The Labute approximate surface area is 205 Å². The minimum atomic E-state index is -3.75. The third-order valence-corrected chi connectivity index (χ3v) is 7.66. The number of rotatable bonds is 7. The van der Waals surface area contributed by atoms with Gasteiger partial charge in [-0.15, -0.1) is 21.5 Å². The number of thiazole rings is 1. The molecule has 5 rings (SSSR count). The third-order valence-electron chi connectivity index (χ3n) is 5.49. The summed E-state index contributed by atoms with van der Waals surface area (Å²) in [6.45, 7) is 1.28. The molecule has 180 valence electrons. The molecule has 0 aliphatic carbocycles. The van der Waals surface area contributed by atoms with Crippen LogP contribution in [0.4, 0.5) is 16.6 Å². The molecule has 1 fully saturated rings. The second kappa shape index (κ2) is 9.76. The lowest BCUT2D eigenvalue weighted by molar-refractivity contribution is -0.120. The standard InChI is InChI=1S/C21H21N9O3S2/c31-20(25-16-3-5-17(6-4-16)35(32,33)28-21-23-9-11-34-21)15-2-1-10-29(12-15)18-7-8-19(27-26-18)30-14-22-13-24-30/h3-9,11,13-15H,1-2,10,12H2,(H,23,28)(H,25,31). The van der Waals surface area contributed by atoms with Crippen LogP contribution >= 0.6 is 11.3 Å². The summed E-state index contributed by atoms with van der Waals surface area (Å²) >= 11 is 1.19. The van der Waals surface area contributed by atoms with Crippen LogP contribution in [0, 0.1) is 5.92 Å². The van der Waals surface area contributed by atoms with Gasteiger partial charge >= 0.3 is 0 Å². The number of nitrogens with zero attached hydrogens (tertiary/aromatic N) is 7. The summed E-state index contributed by atoms with van der Waals surface area (Å²) in [5.74, 6) is 0.882. The van der Waals surface area contributed by atoms with Crippen LogP contribution in [0.25, 0.3) is 5.82 Å².